The second-order valence-electron chi connectivity index (χ2n) is 12.2. The number of benzene rings is 4. The lowest BCUT2D eigenvalue weighted by Crippen LogP contribution is -1.99. The van der Waals surface area contributed by atoms with Gasteiger partial charge < -0.3 is 4.74 Å². The van der Waals surface area contributed by atoms with Crippen molar-refractivity contribution in [2.75, 3.05) is 0 Å². The molecule has 0 saturated heterocycles. The lowest BCUT2D eigenvalue weighted by atomic mass is 9.90. The number of hydrogen-bond acceptors (Lipinski definition) is 3. The molecule has 7 rings (SSSR count). The number of hydrogen-bond donors (Lipinski definition) is 0. The monoisotopic (exact) mass is 576 g/mol. The molecule has 0 bridgehead atoms. The number of aryl methyl sites for hydroxylation is 3. The number of fused-ring (bicyclic) bond motifs is 3. The van der Waals surface area contributed by atoms with Crippen LogP contribution >= 0.6 is 0 Å². The van der Waals surface area contributed by atoms with Gasteiger partial charge in [0.15, 0.2) is 0 Å². The fourth-order valence-corrected chi connectivity index (χ4v) is 6.39. The molecule has 218 valence electrons. The number of ether oxygens (including phenoxy) is 1. The Morgan fingerprint density at radius 1 is 0.750 bits per heavy atom. The summed E-state index contributed by atoms with van der Waals surface area (Å²) in [6.07, 6.45) is 7.00. The SMILES string of the molecule is Cc1ccnc(-n2c3ccccc3c3ccc(Oc4cccc(-n5cc(-c6c(C)cc(C)cc6CC(C)C)cn5)c4)cc32)c1. The molecular formula is C39H36N4O. The molecule has 0 fully saturated rings. The Morgan fingerprint density at radius 2 is 1.57 bits per heavy atom. The van der Waals surface area contributed by atoms with Gasteiger partial charge >= 0.3 is 0 Å². The maximum Gasteiger partial charge on any atom is 0.137 e. The quantitative estimate of drug-likeness (QED) is 0.190. The minimum Gasteiger partial charge on any atom is -0.457 e. The summed E-state index contributed by atoms with van der Waals surface area (Å²) < 4.78 is 10.6. The molecule has 0 N–H and O–H groups in total. The highest BCUT2D eigenvalue weighted by molar-refractivity contribution is 6.09. The lowest BCUT2D eigenvalue weighted by Gasteiger charge is -2.15. The van der Waals surface area contributed by atoms with E-state index in [4.69, 9.17) is 14.8 Å². The molecule has 0 unspecified atom stereocenters. The van der Waals surface area contributed by atoms with Crippen molar-refractivity contribution < 1.29 is 4.74 Å². The second-order valence-corrected chi connectivity index (χ2v) is 12.2. The van der Waals surface area contributed by atoms with Crippen LogP contribution in [0.3, 0.4) is 0 Å². The van der Waals surface area contributed by atoms with E-state index < -0.39 is 0 Å². The molecule has 0 amide bonds. The third kappa shape index (κ3) is 5.15. The summed E-state index contributed by atoms with van der Waals surface area (Å²) >= 11 is 0. The van der Waals surface area contributed by atoms with E-state index >= 15 is 0 Å². The largest absolute Gasteiger partial charge is 0.457 e. The van der Waals surface area contributed by atoms with Gasteiger partial charge in [-0.2, -0.15) is 5.10 Å². The highest BCUT2D eigenvalue weighted by Gasteiger charge is 2.16. The van der Waals surface area contributed by atoms with Gasteiger partial charge in [0, 0.05) is 40.9 Å². The van der Waals surface area contributed by atoms with Crippen molar-refractivity contribution in [3.63, 3.8) is 0 Å². The zero-order valence-corrected chi connectivity index (χ0v) is 25.9. The molecule has 0 aliphatic rings. The van der Waals surface area contributed by atoms with Crippen LogP contribution in [0.25, 0.3) is 44.4 Å². The molecule has 3 aromatic heterocycles. The van der Waals surface area contributed by atoms with Gasteiger partial charge in [-0.1, -0.05) is 55.8 Å². The first-order valence-corrected chi connectivity index (χ1v) is 15.2. The Bertz CT molecular complexity index is 2150. The third-order valence-corrected chi connectivity index (χ3v) is 8.15. The minimum atomic E-state index is 0.576. The van der Waals surface area contributed by atoms with Crippen molar-refractivity contribution in [2.45, 2.75) is 41.0 Å². The molecular weight excluding hydrogens is 540 g/mol. The standard InChI is InChI=1S/C39H36N4O/c1-25(2)17-29-19-27(4)18-28(5)39(29)30-23-41-42(24-30)31-9-8-10-32(21-31)44-33-13-14-35-34-11-6-7-12-36(34)43(37(35)22-33)38-20-26(3)15-16-40-38/h6-16,18-25H,17H2,1-5H3. The van der Waals surface area contributed by atoms with Crippen LogP contribution in [0.5, 0.6) is 11.5 Å². The van der Waals surface area contributed by atoms with E-state index in [1.165, 1.54) is 33.2 Å². The number of pyridine rings is 1. The molecule has 0 spiro atoms. The van der Waals surface area contributed by atoms with Gasteiger partial charge in [0.25, 0.3) is 0 Å². The number of rotatable bonds is 7. The fourth-order valence-electron chi connectivity index (χ4n) is 6.39. The number of nitrogens with zero attached hydrogens (tertiary/aromatic N) is 4. The molecule has 0 aliphatic carbocycles. The van der Waals surface area contributed by atoms with Crippen LogP contribution in [-0.4, -0.2) is 19.3 Å². The Labute approximate surface area is 258 Å². The van der Waals surface area contributed by atoms with Gasteiger partial charge in [0.05, 0.1) is 22.9 Å². The number of aromatic nitrogens is 4. The summed E-state index contributed by atoms with van der Waals surface area (Å²) in [4.78, 5) is 4.71. The van der Waals surface area contributed by atoms with Gasteiger partial charge in [-0.15, -0.1) is 0 Å². The molecule has 0 radical (unpaired) electrons. The molecule has 3 heterocycles. The van der Waals surface area contributed by atoms with Crippen molar-refractivity contribution >= 4 is 21.8 Å². The van der Waals surface area contributed by atoms with E-state index in [2.05, 4.69) is 106 Å². The van der Waals surface area contributed by atoms with Gasteiger partial charge in [-0.05, 0) is 97.8 Å². The smallest absolute Gasteiger partial charge is 0.137 e. The predicted molar refractivity (Wildman–Crippen MR) is 180 cm³/mol. The topological polar surface area (TPSA) is 44.9 Å². The van der Waals surface area contributed by atoms with Crippen LogP contribution in [0, 0.1) is 26.7 Å². The van der Waals surface area contributed by atoms with E-state index in [-0.39, 0.29) is 0 Å². The molecule has 44 heavy (non-hydrogen) atoms. The molecule has 0 saturated carbocycles. The zero-order chi connectivity index (χ0) is 30.4. The first-order valence-electron chi connectivity index (χ1n) is 15.2. The van der Waals surface area contributed by atoms with Gasteiger partial charge in [0.2, 0.25) is 0 Å². The Balaban J connectivity index is 1.23. The molecule has 4 aromatic carbocycles. The zero-order valence-electron chi connectivity index (χ0n) is 25.9. The first kappa shape index (κ1) is 27.7. The van der Waals surface area contributed by atoms with Crippen molar-refractivity contribution in [3.05, 3.63) is 132 Å². The minimum absolute atomic E-state index is 0.576. The number of para-hydroxylation sites is 1. The van der Waals surface area contributed by atoms with Crippen LogP contribution in [0.1, 0.15) is 36.1 Å². The Morgan fingerprint density at radius 3 is 2.41 bits per heavy atom. The third-order valence-electron chi connectivity index (χ3n) is 8.15. The van der Waals surface area contributed by atoms with E-state index in [1.807, 2.05) is 47.4 Å². The fraction of sp³-hybridized carbons (Fsp3) is 0.179. The maximum absolute atomic E-state index is 6.47. The van der Waals surface area contributed by atoms with E-state index in [0.717, 1.165) is 51.4 Å². The summed E-state index contributed by atoms with van der Waals surface area (Å²) in [6.45, 7) is 11.0. The molecule has 5 heteroatoms. The van der Waals surface area contributed by atoms with Crippen LogP contribution in [-0.2, 0) is 6.42 Å². The first-order chi connectivity index (χ1) is 21.3. The Kier molecular flexibility index (Phi) is 7.01. The molecule has 0 aliphatic heterocycles. The normalized spacial score (nSPS) is 11.6. The van der Waals surface area contributed by atoms with Gasteiger partial charge in [-0.3, -0.25) is 4.57 Å². The average molecular weight is 577 g/mol. The average Bonchev–Trinajstić information content (AvgIpc) is 3.60. The Hall–Kier alpha value is -5.16. The highest BCUT2D eigenvalue weighted by atomic mass is 16.5. The van der Waals surface area contributed by atoms with Gasteiger partial charge in [-0.25, -0.2) is 9.67 Å². The second kappa shape index (κ2) is 11.2. The van der Waals surface area contributed by atoms with Crippen LogP contribution in [0.15, 0.2) is 110 Å². The summed E-state index contributed by atoms with van der Waals surface area (Å²) in [5.74, 6) is 2.99. The molecule has 5 nitrogen and oxygen atoms in total. The summed E-state index contributed by atoms with van der Waals surface area (Å²) in [7, 11) is 0. The molecule has 7 aromatic rings. The lowest BCUT2D eigenvalue weighted by molar-refractivity contribution is 0.483. The van der Waals surface area contributed by atoms with Crippen molar-refractivity contribution in [2.24, 2.45) is 5.92 Å². The van der Waals surface area contributed by atoms with Crippen LogP contribution < -0.4 is 4.74 Å². The van der Waals surface area contributed by atoms with Crippen LogP contribution in [0.2, 0.25) is 0 Å². The van der Waals surface area contributed by atoms with E-state index in [0.29, 0.717) is 5.92 Å². The summed E-state index contributed by atoms with van der Waals surface area (Å²) in [5.41, 5.74) is 10.7. The highest BCUT2D eigenvalue weighted by Crippen LogP contribution is 2.36. The van der Waals surface area contributed by atoms with E-state index in [9.17, 15) is 0 Å². The van der Waals surface area contributed by atoms with Gasteiger partial charge in [0.1, 0.15) is 17.3 Å². The summed E-state index contributed by atoms with van der Waals surface area (Å²) in [5, 5.41) is 7.12. The van der Waals surface area contributed by atoms with Crippen molar-refractivity contribution in [1.29, 1.82) is 0 Å². The maximum atomic E-state index is 6.47. The summed E-state index contributed by atoms with van der Waals surface area (Å²) in [6, 6.07) is 31.6. The van der Waals surface area contributed by atoms with Crippen molar-refractivity contribution in [1.82, 2.24) is 19.3 Å². The molecule has 0 atom stereocenters. The predicted octanol–water partition coefficient (Wildman–Crippen LogP) is 9.95. The van der Waals surface area contributed by atoms with Crippen molar-refractivity contribution in [3.8, 4) is 34.1 Å². The van der Waals surface area contributed by atoms with E-state index in [1.54, 1.807) is 0 Å². The van der Waals surface area contributed by atoms with Crippen LogP contribution in [0.4, 0.5) is 0 Å².